The number of fused-ring (bicyclic) bond motifs is 5. The van der Waals surface area contributed by atoms with Crippen LogP contribution in [0.3, 0.4) is 0 Å². The lowest BCUT2D eigenvalue weighted by Gasteiger charge is -2.53. The molecule has 2 nitrogen and oxygen atoms in total. The first-order chi connectivity index (χ1) is 9.95. The highest BCUT2D eigenvalue weighted by atomic mass is 16.3. The molecule has 0 amide bonds. The van der Waals surface area contributed by atoms with E-state index in [1.54, 1.807) is 5.57 Å². The van der Waals surface area contributed by atoms with Gasteiger partial charge in [0.25, 0.3) is 0 Å². The lowest BCUT2D eigenvalue weighted by molar-refractivity contribution is -0.115. The summed E-state index contributed by atoms with van der Waals surface area (Å²) in [6, 6.07) is 0. The SMILES string of the molecule is C[C@]12CCC(=O)C=C1CC[C@@H]1C2=CC[C@]2(C)C(O)CC[C@@H]12. The average molecular weight is 286 g/mol. The molecule has 0 aromatic rings. The van der Waals surface area contributed by atoms with Crippen molar-refractivity contribution >= 4 is 5.78 Å². The fraction of sp³-hybridized carbons (Fsp3) is 0.737. The Kier molecular flexibility index (Phi) is 2.83. The topological polar surface area (TPSA) is 37.3 Å². The average Bonchev–Trinajstić information content (AvgIpc) is 2.76. The van der Waals surface area contributed by atoms with Gasteiger partial charge in [0.15, 0.2) is 5.78 Å². The minimum Gasteiger partial charge on any atom is -0.393 e. The van der Waals surface area contributed by atoms with E-state index in [1.165, 1.54) is 18.4 Å². The molecule has 2 fully saturated rings. The summed E-state index contributed by atoms with van der Waals surface area (Å²) in [5.74, 6) is 1.60. The fourth-order valence-electron chi connectivity index (χ4n) is 5.83. The maximum atomic E-state index is 11.8. The molecule has 4 rings (SSSR count). The van der Waals surface area contributed by atoms with Gasteiger partial charge >= 0.3 is 0 Å². The van der Waals surface area contributed by atoms with Crippen molar-refractivity contribution in [3.05, 3.63) is 23.3 Å². The molecule has 0 spiro atoms. The third-order valence-electron chi connectivity index (χ3n) is 7.28. The first kappa shape index (κ1) is 13.8. The van der Waals surface area contributed by atoms with Crippen LogP contribution in [-0.4, -0.2) is 17.0 Å². The van der Waals surface area contributed by atoms with E-state index in [-0.39, 0.29) is 16.9 Å². The Morgan fingerprint density at radius 3 is 2.81 bits per heavy atom. The Morgan fingerprint density at radius 2 is 2.00 bits per heavy atom. The summed E-state index contributed by atoms with van der Waals surface area (Å²) >= 11 is 0. The molecule has 4 aliphatic rings. The van der Waals surface area contributed by atoms with E-state index >= 15 is 0 Å². The number of hydrogen-bond donors (Lipinski definition) is 1. The Hall–Kier alpha value is -0.890. The summed E-state index contributed by atoms with van der Waals surface area (Å²) < 4.78 is 0. The summed E-state index contributed by atoms with van der Waals surface area (Å²) in [5, 5.41) is 10.4. The van der Waals surface area contributed by atoms with Crippen molar-refractivity contribution in [1.29, 1.82) is 0 Å². The lowest BCUT2D eigenvalue weighted by atomic mass is 9.52. The molecule has 0 bridgehead atoms. The standard InChI is InChI=1S/C19H26O2/c1-18-9-7-13(20)11-12(18)3-4-14-15-5-6-17(21)19(15,2)10-8-16(14)18/h8,11,14-15,17,21H,3-7,9-10H2,1-2H3/t14-,15-,17?,18-,19-/m0/s1. The van der Waals surface area contributed by atoms with Crippen LogP contribution in [0.4, 0.5) is 0 Å². The van der Waals surface area contributed by atoms with Crippen LogP contribution >= 0.6 is 0 Å². The maximum Gasteiger partial charge on any atom is 0.155 e. The minimum absolute atomic E-state index is 0.0935. The summed E-state index contributed by atoms with van der Waals surface area (Å²) in [6.07, 6.45) is 11.4. The van der Waals surface area contributed by atoms with E-state index in [1.807, 2.05) is 6.08 Å². The number of hydrogen-bond acceptors (Lipinski definition) is 2. The van der Waals surface area contributed by atoms with Crippen LogP contribution in [0.5, 0.6) is 0 Å². The first-order valence-electron chi connectivity index (χ1n) is 8.57. The van der Waals surface area contributed by atoms with E-state index in [4.69, 9.17) is 0 Å². The molecule has 5 atom stereocenters. The van der Waals surface area contributed by atoms with E-state index < -0.39 is 0 Å². The molecule has 1 unspecified atom stereocenters. The molecule has 21 heavy (non-hydrogen) atoms. The van der Waals surface area contributed by atoms with Crippen molar-refractivity contribution in [2.75, 3.05) is 0 Å². The molecule has 2 heteroatoms. The zero-order valence-electron chi connectivity index (χ0n) is 13.2. The Morgan fingerprint density at radius 1 is 1.19 bits per heavy atom. The highest BCUT2D eigenvalue weighted by Gasteiger charge is 2.55. The Labute approximate surface area is 127 Å². The van der Waals surface area contributed by atoms with Gasteiger partial charge in [0.2, 0.25) is 0 Å². The molecule has 0 saturated heterocycles. The van der Waals surface area contributed by atoms with Crippen LogP contribution in [0.15, 0.2) is 23.3 Å². The second-order valence-corrected chi connectivity index (χ2v) is 8.18. The molecular weight excluding hydrogens is 260 g/mol. The van der Waals surface area contributed by atoms with Crippen molar-refractivity contribution < 1.29 is 9.90 Å². The van der Waals surface area contributed by atoms with Crippen molar-refractivity contribution in [2.45, 2.75) is 64.9 Å². The maximum absolute atomic E-state index is 11.8. The van der Waals surface area contributed by atoms with E-state index in [0.29, 0.717) is 24.0 Å². The second kappa shape index (κ2) is 4.32. The van der Waals surface area contributed by atoms with Gasteiger partial charge in [-0.15, -0.1) is 0 Å². The highest BCUT2D eigenvalue weighted by molar-refractivity contribution is 5.92. The van der Waals surface area contributed by atoms with Crippen molar-refractivity contribution in [3.63, 3.8) is 0 Å². The summed E-state index contributed by atoms with van der Waals surface area (Å²) in [4.78, 5) is 11.8. The van der Waals surface area contributed by atoms with Gasteiger partial charge in [-0.3, -0.25) is 4.79 Å². The van der Waals surface area contributed by atoms with E-state index in [2.05, 4.69) is 19.9 Å². The number of aliphatic hydroxyl groups is 1. The number of allylic oxidation sites excluding steroid dienone is 4. The van der Waals surface area contributed by atoms with Crippen LogP contribution < -0.4 is 0 Å². The Bertz CT molecular complexity index is 558. The lowest BCUT2D eigenvalue weighted by Crippen LogP contribution is -2.45. The largest absolute Gasteiger partial charge is 0.393 e. The van der Waals surface area contributed by atoms with E-state index in [0.717, 1.165) is 25.7 Å². The molecule has 2 saturated carbocycles. The summed E-state index contributed by atoms with van der Waals surface area (Å²) in [6.45, 7) is 4.65. The van der Waals surface area contributed by atoms with Crippen molar-refractivity contribution in [1.82, 2.24) is 0 Å². The smallest absolute Gasteiger partial charge is 0.155 e. The predicted octanol–water partition coefficient (Wildman–Crippen LogP) is 3.80. The van der Waals surface area contributed by atoms with Crippen LogP contribution in [-0.2, 0) is 4.79 Å². The van der Waals surface area contributed by atoms with Crippen molar-refractivity contribution in [2.24, 2.45) is 22.7 Å². The fourth-order valence-corrected chi connectivity index (χ4v) is 5.83. The first-order valence-corrected chi connectivity index (χ1v) is 8.57. The molecule has 0 heterocycles. The summed E-state index contributed by atoms with van der Waals surface area (Å²) in [7, 11) is 0. The van der Waals surface area contributed by atoms with Gasteiger partial charge in [-0.25, -0.2) is 0 Å². The zero-order valence-corrected chi connectivity index (χ0v) is 13.2. The minimum atomic E-state index is -0.127. The number of ketones is 1. The van der Waals surface area contributed by atoms with E-state index in [9.17, 15) is 9.90 Å². The van der Waals surface area contributed by atoms with Crippen LogP contribution in [0.1, 0.15) is 58.8 Å². The number of carbonyl (C=O) groups excluding carboxylic acids is 1. The highest BCUT2D eigenvalue weighted by Crippen LogP contribution is 2.62. The van der Waals surface area contributed by atoms with Gasteiger partial charge in [0.05, 0.1) is 6.10 Å². The second-order valence-electron chi connectivity index (χ2n) is 8.18. The van der Waals surface area contributed by atoms with Gasteiger partial charge in [-0.1, -0.05) is 31.1 Å². The third-order valence-corrected chi connectivity index (χ3v) is 7.28. The quantitative estimate of drug-likeness (QED) is 0.688. The van der Waals surface area contributed by atoms with Crippen LogP contribution in [0.2, 0.25) is 0 Å². The van der Waals surface area contributed by atoms with Crippen LogP contribution in [0, 0.1) is 22.7 Å². The molecule has 114 valence electrons. The third kappa shape index (κ3) is 1.72. The predicted molar refractivity (Wildman–Crippen MR) is 82.7 cm³/mol. The molecular formula is C19H26O2. The molecule has 1 N–H and O–H groups in total. The molecule has 0 aliphatic heterocycles. The number of aliphatic hydroxyl groups excluding tert-OH is 1. The van der Waals surface area contributed by atoms with Gasteiger partial charge in [0, 0.05) is 17.3 Å². The van der Waals surface area contributed by atoms with Gasteiger partial charge in [-0.2, -0.15) is 0 Å². The number of rotatable bonds is 0. The number of carbonyl (C=O) groups is 1. The Balaban J connectivity index is 1.76. The monoisotopic (exact) mass is 286 g/mol. The van der Waals surface area contributed by atoms with Crippen molar-refractivity contribution in [3.8, 4) is 0 Å². The molecule has 0 aromatic heterocycles. The van der Waals surface area contributed by atoms with Gasteiger partial charge in [-0.05, 0) is 56.4 Å². The normalized spacial score (nSPS) is 48.9. The molecule has 0 radical (unpaired) electrons. The molecule has 0 aromatic carbocycles. The van der Waals surface area contributed by atoms with Gasteiger partial charge < -0.3 is 5.11 Å². The molecule has 4 aliphatic carbocycles. The van der Waals surface area contributed by atoms with Crippen LogP contribution in [0.25, 0.3) is 0 Å². The van der Waals surface area contributed by atoms with Gasteiger partial charge in [0.1, 0.15) is 0 Å². The zero-order chi connectivity index (χ0) is 14.8. The summed E-state index contributed by atoms with van der Waals surface area (Å²) in [5.41, 5.74) is 3.20.